The van der Waals surface area contributed by atoms with Gasteiger partial charge in [0.15, 0.2) is 11.7 Å². The predicted molar refractivity (Wildman–Crippen MR) is 117 cm³/mol. The fourth-order valence-electron chi connectivity index (χ4n) is 3.24. The number of aryl methyl sites for hydroxylation is 1. The van der Waals surface area contributed by atoms with Crippen LogP contribution in [0.3, 0.4) is 0 Å². The Morgan fingerprint density at radius 3 is 2.83 bits per heavy atom. The van der Waals surface area contributed by atoms with Crippen LogP contribution in [0.15, 0.2) is 27.8 Å². The maximum absolute atomic E-state index is 5.33. The molecule has 1 saturated heterocycles. The van der Waals surface area contributed by atoms with Gasteiger partial charge in [-0.25, -0.2) is 9.97 Å². The van der Waals surface area contributed by atoms with Crippen molar-refractivity contribution >= 4 is 22.6 Å². The van der Waals surface area contributed by atoms with E-state index >= 15 is 0 Å². The maximum atomic E-state index is 5.33. The molecule has 0 atom stereocenters. The minimum absolute atomic E-state index is 0.574. The van der Waals surface area contributed by atoms with Gasteiger partial charge in [0.1, 0.15) is 11.6 Å². The van der Waals surface area contributed by atoms with Crippen molar-refractivity contribution in [1.29, 1.82) is 0 Å². The highest BCUT2D eigenvalue weighted by Gasteiger charge is 2.22. The van der Waals surface area contributed by atoms with E-state index in [9.17, 15) is 0 Å². The van der Waals surface area contributed by atoms with E-state index in [2.05, 4.69) is 53.5 Å². The molecule has 1 aliphatic heterocycles. The summed E-state index contributed by atoms with van der Waals surface area (Å²) >= 11 is 1.49. The number of rotatable bonds is 7. The summed E-state index contributed by atoms with van der Waals surface area (Å²) in [6.45, 7) is 9.27. The lowest BCUT2D eigenvalue weighted by atomic mass is 10.3. The Morgan fingerprint density at radius 2 is 2.13 bits per heavy atom. The molecular weight excluding hydrogens is 402 g/mol. The van der Waals surface area contributed by atoms with Crippen molar-refractivity contribution in [3.05, 3.63) is 30.0 Å². The minimum Gasteiger partial charge on any atom is -0.461 e. The third-order valence-electron chi connectivity index (χ3n) is 4.84. The van der Waals surface area contributed by atoms with Gasteiger partial charge in [-0.05, 0) is 19.1 Å². The molecule has 11 heteroatoms. The number of piperazine rings is 1. The number of aromatic amines is 1. The third kappa shape index (κ3) is 4.78. The molecule has 0 spiro atoms. The quantitative estimate of drug-likeness (QED) is 0.432. The van der Waals surface area contributed by atoms with Crippen LogP contribution in [0.1, 0.15) is 25.5 Å². The molecule has 0 amide bonds. The second kappa shape index (κ2) is 9.70. The standard InChI is InChI=1S/C19H27N9OS/c1-3-15-23-19(30-26-15)28-11-9-27(10-12-28)18(20-4-2)21-8-7-16-22-17(25-24-16)14-6-5-13-29-14/h5-6,13H,3-4,7-12H2,1-2H3,(H,20,21)(H,22,24,25). The molecule has 0 saturated carbocycles. The Bertz CT molecular complexity index is 941. The summed E-state index contributed by atoms with van der Waals surface area (Å²) in [6.07, 6.45) is 3.18. The number of aliphatic imine (C=N–C) groups is 1. The zero-order valence-corrected chi connectivity index (χ0v) is 18.2. The molecule has 4 rings (SSSR count). The Hall–Kier alpha value is -2.95. The molecule has 0 radical (unpaired) electrons. The molecule has 0 bridgehead atoms. The number of guanidine groups is 1. The van der Waals surface area contributed by atoms with Crippen molar-refractivity contribution in [3.63, 3.8) is 0 Å². The minimum atomic E-state index is 0.574. The molecule has 3 aromatic heterocycles. The number of anilines is 1. The fourth-order valence-corrected chi connectivity index (χ4v) is 4.04. The van der Waals surface area contributed by atoms with E-state index in [1.807, 2.05) is 12.1 Å². The number of nitrogens with one attached hydrogen (secondary N) is 2. The molecule has 160 valence electrons. The van der Waals surface area contributed by atoms with Gasteiger partial charge in [-0.3, -0.25) is 10.1 Å². The van der Waals surface area contributed by atoms with Crippen molar-refractivity contribution in [3.8, 4) is 11.6 Å². The first-order chi connectivity index (χ1) is 14.8. The van der Waals surface area contributed by atoms with Gasteiger partial charge in [0.05, 0.1) is 6.26 Å². The van der Waals surface area contributed by atoms with Crippen LogP contribution in [0.25, 0.3) is 11.6 Å². The smallest absolute Gasteiger partial charge is 0.216 e. The first kappa shape index (κ1) is 20.3. The van der Waals surface area contributed by atoms with E-state index in [0.717, 1.165) is 61.9 Å². The highest BCUT2D eigenvalue weighted by molar-refractivity contribution is 7.09. The SMILES string of the molecule is CCNC(=NCCc1nc(-c2ccco2)n[nH]1)N1CCN(c2nc(CC)ns2)CC1. The number of hydrogen-bond acceptors (Lipinski definition) is 8. The zero-order chi connectivity index (χ0) is 20.8. The molecule has 0 aliphatic carbocycles. The second-order valence-corrected chi connectivity index (χ2v) is 7.62. The average Bonchev–Trinajstić information content (AvgIpc) is 3.54. The number of H-pyrrole nitrogens is 1. The molecule has 0 unspecified atom stereocenters. The van der Waals surface area contributed by atoms with Crippen LogP contribution in [-0.2, 0) is 12.8 Å². The van der Waals surface area contributed by atoms with Crippen molar-refractivity contribution in [2.75, 3.05) is 44.2 Å². The van der Waals surface area contributed by atoms with Gasteiger partial charge in [0, 0.05) is 63.6 Å². The first-order valence-corrected chi connectivity index (χ1v) is 11.1. The fraction of sp³-hybridized carbons (Fsp3) is 0.526. The van der Waals surface area contributed by atoms with Gasteiger partial charge in [-0.15, -0.1) is 0 Å². The van der Waals surface area contributed by atoms with Crippen LogP contribution in [0.2, 0.25) is 0 Å². The third-order valence-corrected chi connectivity index (χ3v) is 5.66. The Labute approximate surface area is 179 Å². The highest BCUT2D eigenvalue weighted by Crippen LogP contribution is 2.19. The summed E-state index contributed by atoms with van der Waals surface area (Å²) in [5.74, 6) is 3.90. The van der Waals surface area contributed by atoms with Crippen molar-refractivity contribution in [1.82, 2.24) is 34.8 Å². The molecule has 2 N–H and O–H groups in total. The van der Waals surface area contributed by atoms with Gasteiger partial charge >= 0.3 is 0 Å². The molecule has 4 heterocycles. The van der Waals surface area contributed by atoms with Crippen molar-refractivity contribution in [2.45, 2.75) is 26.7 Å². The number of nitrogens with zero attached hydrogens (tertiary/aromatic N) is 7. The van der Waals surface area contributed by atoms with Crippen LogP contribution in [0.4, 0.5) is 5.13 Å². The van der Waals surface area contributed by atoms with Crippen LogP contribution in [-0.4, -0.2) is 74.7 Å². The Morgan fingerprint density at radius 1 is 1.27 bits per heavy atom. The lowest BCUT2D eigenvalue weighted by Crippen LogP contribution is -2.52. The molecule has 3 aromatic rings. The molecular formula is C19H27N9OS. The van der Waals surface area contributed by atoms with E-state index in [4.69, 9.17) is 9.41 Å². The van der Waals surface area contributed by atoms with Gasteiger partial charge in [-0.1, -0.05) is 6.92 Å². The van der Waals surface area contributed by atoms with Crippen LogP contribution < -0.4 is 10.2 Å². The lowest BCUT2D eigenvalue weighted by Gasteiger charge is -2.36. The monoisotopic (exact) mass is 429 g/mol. The molecule has 1 aliphatic rings. The van der Waals surface area contributed by atoms with Gasteiger partial charge < -0.3 is 19.5 Å². The Kier molecular flexibility index (Phi) is 6.57. The molecule has 0 aromatic carbocycles. The van der Waals surface area contributed by atoms with E-state index in [1.54, 1.807) is 6.26 Å². The topological polar surface area (TPSA) is 111 Å². The van der Waals surface area contributed by atoms with E-state index < -0.39 is 0 Å². The van der Waals surface area contributed by atoms with Gasteiger partial charge in [0.2, 0.25) is 11.0 Å². The van der Waals surface area contributed by atoms with Crippen LogP contribution >= 0.6 is 11.5 Å². The lowest BCUT2D eigenvalue weighted by molar-refractivity contribution is 0.372. The number of aromatic nitrogens is 5. The van der Waals surface area contributed by atoms with Gasteiger partial charge in [-0.2, -0.15) is 9.47 Å². The number of furan rings is 1. The second-order valence-electron chi connectivity index (χ2n) is 6.89. The number of hydrogen-bond donors (Lipinski definition) is 2. The van der Waals surface area contributed by atoms with Crippen molar-refractivity contribution in [2.24, 2.45) is 4.99 Å². The summed E-state index contributed by atoms with van der Waals surface area (Å²) in [5, 5.41) is 11.6. The molecule has 30 heavy (non-hydrogen) atoms. The maximum Gasteiger partial charge on any atom is 0.216 e. The Balaban J connectivity index is 1.31. The summed E-state index contributed by atoms with van der Waals surface area (Å²) in [5.41, 5.74) is 0. The average molecular weight is 430 g/mol. The summed E-state index contributed by atoms with van der Waals surface area (Å²) in [6, 6.07) is 3.67. The normalized spacial score (nSPS) is 15.1. The summed E-state index contributed by atoms with van der Waals surface area (Å²) in [4.78, 5) is 18.5. The summed E-state index contributed by atoms with van der Waals surface area (Å²) in [7, 11) is 0. The van der Waals surface area contributed by atoms with Crippen molar-refractivity contribution < 1.29 is 4.42 Å². The van der Waals surface area contributed by atoms with E-state index in [1.165, 1.54) is 11.5 Å². The molecule has 1 fully saturated rings. The van der Waals surface area contributed by atoms with E-state index in [0.29, 0.717) is 24.6 Å². The van der Waals surface area contributed by atoms with Crippen LogP contribution in [0.5, 0.6) is 0 Å². The highest BCUT2D eigenvalue weighted by atomic mass is 32.1. The predicted octanol–water partition coefficient (Wildman–Crippen LogP) is 1.81. The molecule has 10 nitrogen and oxygen atoms in total. The van der Waals surface area contributed by atoms with Gasteiger partial charge in [0.25, 0.3) is 0 Å². The van der Waals surface area contributed by atoms with Crippen LogP contribution in [0, 0.1) is 0 Å². The summed E-state index contributed by atoms with van der Waals surface area (Å²) < 4.78 is 9.73. The zero-order valence-electron chi connectivity index (χ0n) is 17.3. The largest absolute Gasteiger partial charge is 0.461 e. The first-order valence-electron chi connectivity index (χ1n) is 10.3. The van der Waals surface area contributed by atoms with E-state index in [-0.39, 0.29) is 0 Å².